The van der Waals surface area contributed by atoms with E-state index in [1.165, 1.54) is 0 Å². The molecule has 2 aromatic carbocycles. The van der Waals surface area contributed by atoms with E-state index in [0.717, 1.165) is 0 Å². The van der Waals surface area contributed by atoms with Crippen LogP contribution < -0.4 is 10.1 Å². The Kier molecular flexibility index (Phi) is 5.64. The number of carbonyl (C=O) groups excluding carboxylic acids is 1. The van der Waals surface area contributed by atoms with Crippen LogP contribution in [0.25, 0.3) is 0 Å². The van der Waals surface area contributed by atoms with E-state index in [9.17, 15) is 9.90 Å². The normalized spacial score (nSPS) is 13.2. The molecule has 0 spiro atoms. The standard InChI is InChI=1S/C18H20ClNO3/c1-3-23-17-14(19)10-7-11-15(17)20-16(21)12-18(2,22)13-8-5-4-6-9-13/h4-11,22H,3,12H2,1-2H3,(H,20,21). The van der Waals surface area contributed by atoms with Gasteiger partial charge in [-0.3, -0.25) is 4.79 Å². The summed E-state index contributed by atoms with van der Waals surface area (Å²) in [6.07, 6.45) is -0.0743. The Morgan fingerprint density at radius 2 is 1.91 bits per heavy atom. The Balaban J connectivity index is 2.13. The van der Waals surface area contributed by atoms with Crippen molar-refractivity contribution < 1.29 is 14.6 Å². The van der Waals surface area contributed by atoms with Gasteiger partial charge in [-0.05, 0) is 31.5 Å². The summed E-state index contributed by atoms with van der Waals surface area (Å²) in [7, 11) is 0. The second-order valence-corrected chi connectivity index (χ2v) is 5.82. The number of hydrogen-bond acceptors (Lipinski definition) is 3. The number of amides is 1. The molecule has 0 aromatic heterocycles. The molecule has 23 heavy (non-hydrogen) atoms. The number of carbonyl (C=O) groups is 1. The molecule has 0 aliphatic rings. The van der Waals surface area contributed by atoms with Gasteiger partial charge < -0.3 is 15.2 Å². The summed E-state index contributed by atoms with van der Waals surface area (Å²) in [4.78, 5) is 12.3. The number of anilines is 1. The highest BCUT2D eigenvalue weighted by Crippen LogP contribution is 2.33. The van der Waals surface area contributed by atoms with E-state index < -0.39 is 5.60 Å². The van der Waals surface area contributed by atoms with Crippen LogP contribution in [-0.2, 0) is 10.4 Å². The summed E-state index contributed by atoms with van der Waals surface area (Å²) in [5.41, 5.74) is -0.0742. The van der Waals surface area contributed by atoms with Crippen LogP contribution in [-0.4, -0.2) is 17.6 Å². The minimum absolute atomic E-state index is 0.0743. The van der Waals surface area contributed by atoms with Crippen LogP contribution >= 0.6 is 11.6 Å². The van der Waals surface area contributed by atoms with Crippen molar-refractivity contribution >= 4 is 23.2 Å². The minimum Gasteiger partial charge on any atom is -0.490 e. The summed E-state index contributed by atoms with van der Waals surface area (Å²) in [6, 6.07) is 14.2. The predicted molar refractivity (Wildman–Crippen MR) is 91.9 cm³/mol. The van der Waals surface area contributed by atoms with Crippen molar-refractivity contribution in [1.29, 1.82) is 0 Å². The van der Waals surface area contributed by atoms with Crippen LogP contribution in [0.1, 0.15) is 25.8 Å². The summed E-state index contributed by atoms with van der Waals surface area (Å²) < 4.78 is 5.47. The summed E-state index contributed by atoms with van der Waals surface area (Å²) in [5, 5.41) is 13.7. The molecule has 0 aliphatic heterocycles. The Morgan fingerprint density at radius 1 is 1.22 bits per heavy atom. The largest absolute Gasteiger partial charge is 0.490 e. The number of aliphatic hydroxyl groups is 1. The minimum atomic E-state index is -1.25. The molecule has 0 fully saturated rings. The van der Waals surface area contributed by atoms with Gasteiger partial charge in [0.05, 0.1) is 29.3 Å². The van der Waals surface area contributed by atoms with Crippen molar-refractivity contribution in [3.05, 3.63) is 59.1 Å². The van der Waals surface area contributed by atoms with E-state index in [4.69, 9.17) is 16.3 Å². The van der Waals surface area contributed by atoms with E-state index in [0.29, 0.717) is 28.6 Å². The molecule has 1 atom stereocenters. The van der Waals surface area contributed by atoms with Gasteiger partial charge in [-0.15, -0.1) is 0 Å². The number of para-hydroxylation sites is 1. The topological polar surface area (TPSA) is 58.6 Å². The Hall–Kier alpha value is -2.04. The van der Waals surface area contributed by atoms with Gasteiger partial charge in [-0.1, -0.05) is 48.0 Å². The van der Waals surface area contributed by atoms with E-state index in [1.807, 2.05) is 25.1 Å². The number of hydrogen-bond donors (Lipinski definition) is 2. The quantitative estimate of drug-likeness (QED) is 0.840. The van der Waals surface area contributed by atoms with Crippen molar-refractivity contribution in [1.82, 2.24) is 0 Å². The van der Waals surface area contributed by atoms with Crippen molar-refractivity contribution in [3.8, 4) is 5.75 Å². The number of nitrogens with one attached hydrogen (secondary N) is 1. The molecule has 0 radical (unpaired) electrons. The van der Waals surface area contributed by atoms with Crippen LogP contribution in [0.5, 0.6) is 5.75 Å². The number of halogens is 1. The second kappa shape index (κ2) is 7.49. The first-order valence-corrected chi connectivity index (χ1v) is 7.81. The molecule has 122 valence electrons. The fourth-order valence-corrected chi connectivity index (χ4v) is 2.53. The molecule has 0 saturated heterocycles. The first-order chi connectivity index (χ1) is 10.9. The zero-order valence-electron chi connectivity index (χ0n) is 13.2. The lowest BCUT2D eigenvalue weighted by atomic mass is 9.92. The third kappa shape index (κ3) is 4.47. The molecule has 2 N–H and O–H groups in total. The molecule has 0 saturated carbocycles. The third-order valence-electron chi connectivity index (χ3n) is 3.43. The van der Waals surface area contributed by atoms with E-state index in [2.05, 4.69) is 5.32 Å². The Labute approximate surface area is 141 Å². The number of ether oxygens (including phenoxy) is 1. The molecule has 1 unspecified atom stereocenters. The molecule has 4 nitrogen and oxygen atoms in total. The van der Waals surface area contributed by atoms with E-state index in [1.54, 1.807) is 37.3 Å². The van der Waals surface area contributed by atoms with Crippen molar-refractivity contribution in [2.45, 2.75) is 25.9 Å². The predicted octanol–water partition coefficient (Wildman–Crippen LogP) is 3.98. The maximum Gasteiger partial charge on any atom is 0.227 e. The number of rotatable bonds is 6. The average molecular weight is 334 g/mol. The molecule has 0 heterocycles. The molecule has 5 heteroatoms. The monoisotopic (exact) mass is 333 g/mol. The zero-order chi connectivity index (χ0) is 16.9. The summed E-state index contributed by atoms with van der Waals surface area (Å²) >= 11 is 6.09. The van der Waals surface area contributed by atoms with Crippen molar-refractivity contribution in [3.63, 3.8) is 0 Å². The van der Waals surface area contributed by atoms with Gasteiger partial charge in [0.25, 0.3) is 0 Å². The highest BCUT2D eigenvalue weighted by Gasteiger charge is 2.27. The lowest BCUT2D eigenvalue weighted by molar-refractivity contribution is -0.120. The first kappa shape index (κ1) is 17.3. The van der Waals surface area contributed by atoms with Crippen LogP contribution in [0.4, 0.5) is 5.69 Å². The molecular formula is C18H20ClNO3. The van der Waals surface area contributed by atoms with Gasteiger partial charge in [0.2, 0.25) is 5.91 Å². The maximum atomic E-state index is 12.3. The molecular weight excluding hydrogens is 314 g/mol. The van der Waals surface area contributed by atoms with Gasteiger partial charge in [0.15, 0.2) is 5.75 Å². The van der Waals surface area contributed by atoms with Gasteiger partial charge in [-0.25, -0.2) is 0 Å². The Morgan fingerprint density at radius 3 is 2.57 bits per heavy atom. The first-order valence-electron chi connectivity index (χ1n) is 7.43. The fourth-order valence-electron chi connectivity index (χ4n) is 2.30. The zero-order valence-corrected chi connectivity index (χ0v) is 13.9. The van der Waals surface area contributed by atoms with Gasteiger partial charge >= 0.3 is 0 Å². The van der Waals surface area contributed by atoms with E-state index in [-0.39, 0.29) is 12.3 Å². The van der Waals surface area contributed by atoms with Crippen LogP contribution in [0.15, 0.2) is 48.5 Å². The van der Waals surface area contributed by atoms with Gasteiger partial charge in [-0.2, -0.15) is 0 Å². The molecule has 0 aliphatic carbocycles. The smallest absolute Gasteiger partial charge is 0.227 e. The average Bonchev–Trinajstić information content (AvgIpc) is 2.51. The summed E-state index contributed by atoms with van der Waals surface area (Å²) in [6.45, 7) is 3.90. The fraction of sp³-hybridized carbons (Fsp3) is 0.278. The maximum absolute atomic E-state index is 12.3. The molecule has 1 amide bonds. The van der Waals surface area contributed by atoms with Crippen molar-refractivity contribution in [2.75, 3.05) is 11.9 Å². The number of benzene rings is 2. The second-order valence-electron chi connectivity index (χ2n) is 5.41. The van der Waals surface area contributed by atoms with Crippen LogP contribution in [0.2, 0.25) is 5.02 Å². The lowest BCUT2D eigenvalue weighted by Crippen LogP contribution is -2.28. The molecule has 2 aromatic rings. The van der Waals surface area contributed by atoms with E-state index >= 15 is 0 Å². The molecule has 0 bridgehead atoms. The third-order valence-corrected chi connectivity index (χ3v) is 3.73. The molecule has 2 rings (SSSR count). The van der Waals surface area contributed by atoms with Crippen molar-refractivity contribution in [2.24, 2.45) is 0 Å². The van der Waals surface area contributed by atoms with Gasteiger partial charge in [0, 0.05) is 0 Å². The highest BCUT2D eigenvalue weighted by molar-refractivity contribution is 6.32. The van der Waals surface area contributed by atoms with Crippen LogP contribution in [0.3, 0.4) is 0 Å². The summed E-state index contributed by atoms with van der Waals surface area (Å²) in [5.74, 6) is 0.117. The lowest BCUT2D eigenvalue weighted by Gasteiger charge is -2.23. The highest BCUT2D eigenvalue weighted by atomic mass is 35.5. The van der Waals surface area contributed by atoms with Gasteiger partial charge in [0.1, 0.15) is 0 Å². The Bertz CT molecular complexity index is 671. The SMILES string of the molecule is CCOc1c(Cl)cccc1NC(=O)CC(C)(O)c1ccccc1. The van der Waals surface area contributed by atoms with Crippen LogP contribution in [0, 0.1) is 0 Å².